The summed E-state index contributed by atoms with van der Waals surface area (Å²) in [6.07, 6.45) is 1.80. The van der Waals surface area contributed by atoms with Crippen LogP contribution in [0.1, 0.15) is 10.5 Å². The van der Waals surface area contributed by atoms with Crippen LogP contribution in [0.25, 0.3) is 0 Å². The molecule has 0 saturated carbocycles. The minimum absolute atomic E-state index is 0.233. The van der Waals surface area contributed by atoms with Crippen LogP contribution in [0.4, 0.5) is 0 Å². The predicted molar refractivity (Wildman–Crippen MR) is 84.9 cm³/mol. The number of nitrogens with one attached hydrogen (secondary N) is 1. The molecular weight excluding hydrogens is 383 g/mol. The van der Waals surface area contributed by atoms with Crippen molar-refractivity contribution in [3.63, 3.8) is 0 Å². The van der Waals surface area contributed by atoms with E-state index in [0.29, 0.717) is 10.8 Å². The number of hydrogen-bond acceptors (Lipinski definition) is 4. The number of thioether (sulfide) groups is 1. The van der Waals surface area contributed by atoms with Gasteiger partial charge >= 0.3 is 0 Å². The first-order chi connectivity index (χ1) is 8.58. The third kappa shape index (κ3) is 3.35. The van der Waals surface area contributed by atoms with Crippen LogP contribution in [-0.2, 0) is 7.05 Å². The standard InChI is InChI=1S/C10H13IN4OS2/c1-14-6-7(11)8(13-14)9(16)12-10(17)15-2-4-18-5-3-15/h6H,2-5H2,1H3,(H,12,16,17). The van der Waals surface area contributed by atoms with Gasteiger partial charge in [0.15, 0.2) is 10.8 Å². The molecule has 1 aromatic heterocycles. The van der Waals surface area contributed by atoms with Crippen LogP contribution in [0, 0.1) is 3.57 Å². The summed E-state index contributed by atoms with van der Waals surface area (Å²) in [6.45, 7) is 1.78. The molecular formula is C10H13IN4OS2. The normalized spacial score (nSPS) is 15.6. The lowest BCUT2D eigenvalue weighted by molar-refractivity contribution is 0.0967. The number of halogens is 1. The number of aryl methyl sites for hydroxylation is 1. The van der Waals surface area contributed by atoms with Gasteiger partial charge in [0, 0.05) is 37.8 Å². The largest absolute Gasteiger partial charge is 0.347 e. The Morgan fingerprint density at radius 2 is 2.22 bits per heavy atom. The summed E-state index contributed by atoms with van der Waals surface area (Å²) in [5.74, 6) is 1.87. The van der Waals surface area contributed by atoms with E-state index in [4.69, 9.17) is 12.2 Å². The zero-order valence-electron chi connectivity index (χ0n) is 9.85. The highest BCUT2D eigenvalue weighted by atomic mass is 127. The van der Waals surface area contributed by atoms with Crippen LogP contribution in [0.5, 0.6) is 0 Å². The molecule has 1 saturated heterocycles. The molecule has 0 atom stereocenters. The molecule has 18 heavy (non-hydrogen) atoms. The summed E-state index contributed by atoms with van der Waals surface area (Å²) < 4.78 is 2.45. The SMILES string of the molecule is Cn1cc(I)c(C(=O)NC(=S)N2CCSCC2)n1. The van der Waals surface area contributed by atoms with Gasteiger partial charge in [-0.05, 0) is 34.8 Å². The molecule has 1 aliphatic heterocycles. The Hall–Kier alpha value is -0.350. The highest BCUT2D eigenvalue weighted by molar-refractivity contribution is 14.1. The van der Waals surface area contributed by atoms with Gasteiger partial charge in [-0.25, -0.2) is 0 Å². The Bertz CT molecular complexity index is 470. The Labute approximate surface area is 129 Å². The van der Waals surface area contributed by atoms with E-state index >= 15 is 0 Å². The number of aromatic nitrogens is 2. The van der Waals surface area contributed by atoms with Gasteiger partial charge < -0.3 is 4.90 Å². The molecule has 2 rings (SSSR count). The van der Waals surface area contributed by atoms with Crippen molar-refractivity contribution >= 4 is 57.6 Å². The molecule has 0 spiro atoms. The highest BCUT2D eigenvalue weighted by Gasteiger charge is 2.19. The van der Waals surface area contributed by atoms with Crippen molar-refractivity contribution in [3.8, 4) is 0 Å². The third-order valence-electron chi connectivity index (χ3n) is 2.52. The number of rotatable bonds is 1. The Kier molecular flexibility index (Phi) is 4.84. The quantitative estimate of drug-likeness (QED) is 0.569. The second kappa shape index (κ2) is 6.20. The molecule has 0 aromatic carbocycles. The minimum atomic E-state index is -0.233. The van der Waals surface area contributed by atoms with Gasteiger partial charge in [0.2, 0.25) is 0 Å². The van der Waals surface area contributed by atoms with E-state index in [2.05, 4.69) is 33.0 Å². The summed E-state index contributed by atoms with van der Waals surface area (Å²) >= 11 is 9.25. The summed E-state index contributed by atoms with van der Waals surface area (Å²) in [6, 6.07) is 0. The Morgan fingerprint density at radius 3 is 2.78 bits per heavy atom. The molecule has 0 unspecified atom stereocenters. The second-order valence-electron chi connectivity index (χ2n) is 3.86. The van der Waals surface area contributed by atoms with E-state index in [-0.39, 0.29) is 5.91 Å². The number of amides is 1. The predicted octanol–water partition coefficient (Wildman–Crippen LogP) is 1.09. The van der Waals surface area contributed by atoms with Crippen LogP contribution in [0.3, 0.4) is 0 Å². The molecule has 1 fully saturated rings. The fraction of sp³-hybridized carbons (Fsp3) is 0.500. The molecule has 0 bridgehead atoms. The van der Waals surface area contributed by atoms with Crippen molar-refractivity contribution in [3.05, 3.63) is 15.5 Å². The molecule has 8 heteroatoms. The van der Waals surface area contributed by atoms with Gasteiger partial charge in [-0.1, -0.05) is 0 Å². The van der Waals surface area contributed by atoms with E-state index in [0.717, 1.165) is 28.2 Å². The molecule has 1 N–H and O–H groups in total. The topological polar surface area (TPSA) is 50.2 Å². The average Bonchev–Trinajstić information content (AvgIpc) is 2.69. The zero-order chi connectivity index (χ0) is 13.1. The van der Waals surface area contributed by atoms with Crippen molar-refractivity contribution < 1.29 is 4.79 Å². The summed E-state index contributed by atoms with van der Waals surface area (Å²) in [5, 5.41) is 7.37. The van der Waals surface area contributed by atoms with Crippen LogP contribution in [-0.4, -0.2) is 50.3 Å². The number of hydrogen-bond donors (Lipinski definition) is 1. The lowest BCUT2D eigenvalue weighted by Crippen LogP contribution is -2.46. The number of carbonyl (C=O) groups is 1. The van der Waals surface area contributed by atoms with Gasteiger partial charge in [-0.3, -0.25) is 14.8 Å². The molecule has 0 aliphatic carbocycles. The van der Waals surface area contributed by atoms with Gasteiger partial charge in [0.25, 0.3) is 5.91 Å². The first-order valence-electron chi connectivity index (χ1n) is 5.45. The highest BCUT2D eigenvalue weighted by Crippen LogP contribution is 2.11. The van der Waals surface area contributed by atoms with Crippen LogP contribution >= 0.6 is 46.6 Å². The molecule has 2 heterocycles. The fourth-order valence-corrected chi connectivity index (χ4v) is 3.55. The molecule has 1 aromatic rings. The molecule has 0 radical (unpaired) electrons. The Balaban J connectivity index is 1.98. The smallest absolute Gasteiger partial charge is 0.279 e. The Morgan fingerprint density at radius 1 is 1.56 bits per heavy atom. The van der Waals surface area contributed by atoms with E-state index in [1.54, 1.807) is 17.9 Å². The summed E-state index contributed by atoms with van der Waals surface area (Å²) in [7, 11) is 1.79. The van der Waals surface area contributed by atoms with Crippen LogP contribution in [0.2, 0.25) is 0 Å². The van der Waals surface area contributed by atoms with Crippen molar-refractivity contribution in [2.75, 3.05) is 24.6 Å². The lowest BCUT2D eigenvalue weighted by atomic mass is 10.4. The van der Waals surface area contributed by atoms with E-state index < -0.39 is 0 Å². The molecule has 1 aliphatic rings. The van der Waals surface area contributed by atoms with Gasteiger partial charge in [0.1, 0.15) is 0 Å². The summed E-state index contributed by atoms with van der Waals surface area (Å²) in [5.41, 5.74) is 0.423. The maximum atomic E-state index is 12.0. The van der Waals surface area contributed by atoms with E-state index in [1.807, 2.05) is 16.7 Å². The van der Waals surface area contributed by atoms with Crippen LogP contribution < -0.4 is 5.32 Å². The lowest BCUT2D eigenvalue weighted by Gasteiger charge is -2.28. The van der Waals surface area contributed by atoms with Crippen LogP contribution in [0.15, 0.2) is 6.20 Å². The maximum Gasteiger partial charge on any atom is 0.279 e. The number of nitrogens with zero attached hydrogens (tertiary/aromatic N) is 3. The van der Waals surface area contributed by atoms with Gasteiger partial charge in [-0.2, -0.15) is 16.9 Å². The maximum absolute atomic E-state index is 12.0. The van der Waals surface area contributed by atoms with Crippen molar-refractivity contribution in [1.29, 1.82) is 0 Å². The molecule has 98 valence electrons. The average molecular weight is 396 g/mol. The number of thiocarbonyl (C=S) groups is 1. The zero-order valence-corrected chi connectivity index (χ0v) is 13.6. The summed E-state index contributed by atoms with van der Waals surface area (Å²) in [4.78, 5) is 14.0. The third-order valence-corrected chi connectivity index (χ3v) is 4.61. The fourth-order valence-electron chi connectivity index (χ4n) is 1.62. The number of carbonyl (C=O) groups excluding carboxylic acids is 1. The van der Waals surface area contributed by atoms with E-state index in [1.165, 1.54) is 0 Å². The first-order valence-corrected chi connectivity index (χ1v) is 8.09. The van der Waals surface area contributed by atoms with Crippen molar-refractivity contribution in [2.24, 2.45) is 7.05 Å². The second-order valence-corrected chi connectivity index (χ2v) is 6.63. The van der Waals surface area contributed by atoms with Crippen molar-refractivity contribution in [2.45, 2.75) is 0 Å². The molecule has 1 amide bonds. The van der Waals surface area contributed by atoms with Gasteiger partial charge in [0.05, 0.1) is 3.57 Å². The van der Waals surface area contributed by atoms with E-state index in [9.17, 15) is 4.79 Å². The minimum Gasteiger partial charge on any atom is -0.347 e. The van der Waals surface area contributed by atoms with Gasteiger partial charge in [-0.15, -0.1) is 0 Å². The first kappa shape index (κ1) is 14.1. The van der Waals surface area contributed by atoms with Crippen molar-refractivity contribution in [1.82, 2.24) is 20.0 Å². The monoisotopic (exact) mass is 396 g/mol. The molecule has 5 nitrogen and oxygen atoms in total.